The lowest BCUT2D eigenvalue weighted by atomic mass is 9.66. The first-order valence-electron chi connectivity index (χ1n) is 20.3. The predicted molar refractivity (Wildman–Crippen MR) is 206 cm³/mol. The maximum atomic E-state index is 5.13. The molecule has 0 N–H and O–H groups in total. The third-order valence-electron chi connectivity index (χ3n) is 10.8. The van der Waals surface area contributed by atoms with Crippen molar-refractivity contribution in [2.24, 2.45) is 0 Å². The zero-order valence-corrected chi connectivity index (χ0v) is 31.1. The number of hydrogen-bond donors (Lipinski definition) is 0. The highest BCUT2D eigenvalue weighted by Gasteiger charge is 2.39. The van der Waals surface area contributed by atoms with Gasteiger partial charge in [0.1, 0.15) is 5.82 Å². The van der Waals surface area contributed by atoms with Crippen LogP contribution >= 0.6 is 0 Å². The average molecular weight is 641 g/mol. The van der Waals surface area contributed by atoms with E-state index in [2.05, 4.69) is 98.4 Å². The first-order chi connectivity index (χ1) is 23.2. The van der Waals surface area contributed by atoms with Gasteiger partial charge >= 0.3 is 0 Å². The molecule has 3 rings (SSSR count). The molecule has 2 aromatic carbocycles. The Hall–Kier alpha value is -2.35. The molecular weight excluding hydrogens is 569 g/mol. The van der Waals surface area contributed by atoms with E-state index >= 15 is 0 Å². The smallest absolute Gasteiger partial charge is 0.112 e. The van der Waals surface area contributed by atoms with Crippen LogP contribution in [0.3, 0.4) is 0 Å². The monoisotopic (exact) mass is 641 g/mol. The number of rotatable bonds is 29. The summed E-state index contributed by atoms with van der Waals surface area (Å²) in [7, 11) is 0. The molecule has 2 unspecified atom stereocenters. The molecule has 0 aliphatic rings. The van der Waals surface area contributed by atoms with Gasteiger partial charge in [0.15, 0.2) is 0 Å². The number of hydrogen-bond acceptors (Lipinski definition) is 1. The molecule has 0 aliphatic carbocycles. The highest BCUT2D eigenvalue weighted by molar-refractivity contribution is 5.33. The topological polar surface area (TPSA) is 17.8 Å². The van der Waals surface area contributed by atoms with Crippen molar-refractivity contribution in [3.63, 3.8) is 0 Å². The third-order valence-corrected chi connectivity index (χ3v) is 10.8. The summed E-state index contributed by atoms with van der Waals surface area (Å²) in [5, 5.41) is 0. The fraction of sp³-hybridized carbons (Fsp3) is 0.667. The molecule has 0 fully saturated rings. The molecule has 0 radical (unpaired) electrons. The van der Waals surface area contributed by atoms with Gasteiger partial charge in [-0.15, -0.1) is 0 Å². The van der Waals surface area contributed by atoms with Gasteiger partial charge in [-0.25, -0.2) is 4.98 Å². The molecule has 2 atom stereocenters. The fourth-order valence-electron chi connectivity index (χ4n) is 7.78. The fourth-order valence-corrected chi connectivity index (χ4v) is 7.78. The Bertz CT molecular complexity index is 1120. The Morgan fingerprint density at radius 1 is 0.553 bits per heavy atom. The highest BCUT2D eigenvalue weighted by atomic mass is 15.1. The second-order valence-electron chi connectivity index (χ2n) is 14.8. The molecule has 0 saturated heterocycles. The minimum Gasteiger partial charge on any atom is -0.335 e. The van der Waals surface area contributed by atoms with E-state index in [9.17, 15) is 0 Å². The number of aromatic nitrogens is 2. The molecule has 262 valence electrons. The molecule has 1 heterocycles. The molecule has 0 spiro atoms. The Morgan fingerprint density at radius 3 is 1.51 bits per heavy atom. The number of benzene rings is 2. The summed E-state index contributed by atoms with van der Waals surface area (Å²) >= 11 is 0. The third kappa shape index (κ3) is 15.2. The number of nitrogens with zero attached hydrogens (tertiary/aromatic N) is 2. The summed E-state index contributed by atoms with van der Waals surface area (Å²) in [5.41, 5.74) is 2.84. The van der Waals surface area contributed by atoms with Gasteiger partial charge in [-0.05, 0) is 30.4 Å². The van der Waals surface area contributed by atoms with Gasteiger partial charge in [0.2, 0.25) is 0 Å². The van der Waals surface area contributed by atoms with E-state index in [1.54, 1.807) is 0 Å². The minimum atomic E-state index is -0.0254. The number of unbranched alkanes of at least 4 members (excludes halogenated alkanes) is 20. The first kappa shape index (κ1) is 39.1. The second kappa shape index (κ2) is 24.7. The minimum absolute atomic E-state index is 0.0254. The van der Waals surface area contributed by atoms with Crippen LogP contribution in [0.25, 0.3) is 0 Å². The van der Waals surface area contributed by atoms with E-state index in [0.29, 0.717) is 5.92 Å². The van der Waals surface area contributed by atoms with E-state index in [0.717, 1.165) is 13.0 Å². The van der Waals surface area contributed by atoms with Crippen LogP contribution in [0.2, 0.25) is 0 Å². The lowest BCUT2D eigenvalue weighted by molar-refractivity contribution is 0.321. The van der Waals surface area contributed by atoms with Gasteiger partial charge in [0.25, 0.3) is 0 Å². The second-order valence-corrected chi connectivity index (χ2v) is 14.8. The maximum Gasteiger partial charge on any atom is 0.112 e. The van der Waals surface area contributed by atoms with Crippen LogP contribution in [0.15, 0.2) is 73.1 Å². The van der Waals surface area contributed by atoms with Crippen molar-refractivity contribution < 1.29 is 0 Å². The Morgan fingerprint density at radius 2 is 1.00 bits per heavy atom. The zero-order valence-electron chi connectivity index (χ0n) is 31.1. The van der Waals surface area contributed by atoms with Crippen LogP contribution in [0.4, 0.5) is 0 Å². The summed E-state index contributed by atoms with van der Waals surface area (Å²) in [4.78, 5) is 5.13. The van der Waals surface area contributed by atoms with E-state index in [1.807, 2.05) is 0 Å². The van der Waals surface area contributed by atoms with E-state index in [1.165, 1.54) is 165 Å². The Balaban J connectivity index is 1.55. The van der Waals surface area contributed by atoms with Crippen molar-refractivity contribution in [2.75, 3.05) is 0 Å². The van der Waals surface area contributed by atoms with Gasteiger partial charge < -0.3 is 4.57 Å². The molecule has 0 amide bonds. The standard InChI is InChI=1S/C45H72N2/c1-4-6-8-10-12-13-14-15-16-17-18-19-20-21-22-30-36-43(44-46-37-39-47(44)38-31-23-11-9-7-5-2)45(3,42-34-28-25-29-35-42)40-41-32-26-24-27-33-41/h24-29,32-35,37,39,43H,4-23,30-31,36,38,40H2,1-3H3. The van der Waals surface area contributed by atoms with Gasteiger partial charge in [0.05, 0.1) is 0 Å². The van der Waals surface area contributed by atoms with Crippen LogP contribution in [0.1, 0.15) is 191 Å². The largest absolute Gasteiger partial charge is 0.335 e. The SMILES string of the molecule is CCCCCCCCCCCCCCCCCCC(c1nccn1CCCCCCCC)C(C)(Cc1ccccc1)c1ccccc1. The van der Waals surface area contributed by atoms with Crippen molar-refractivity contribution in [1.82, 2.24) is 9.55 Å². The van der Waals surface area contributed by atoms with Gasteiger partial charge in [-0.2, -0.15) is 0 Å². The van der Waals surface area contributed by atoms with Crippen LogP contribution in [0, 0.1) is 0 Å². The lowest BCUT2D eigenvalue weighted by Crippen LogP contribution is -2.35. The first-order valence-corrected chi connectivity index (χ1v) is 20.3. The van der Waals surface area contributed by atoms with E-state index in [4.69, 9.17) is 4.98 Å². The van der Waals surface area contributed by atoms with Crippen molar-refractivity contribution in [2.45, 2.75) is 193 Å². The Labute approximate surface area is 291 Å². The predicted octanol–water partition coefficient (Wildman–Crippen LogP) is 14.2. The molecule has 0 bridgehead atoms. The van der Waals surface area contributed by atoms with Crippen LogP contribution in [0.5, 0.6) is 0 Å². The highest BCUT2D eigenvalue weighted by Crippen LogP contribution is 2.44. The summed E-state index contributed by atoms with van der Waals surface area (Å²) in [6.07, 6.45) is 37.2. The molecule has 1 aromatic heterocycles. The molecular formula is C45H72N2. The summed E-state index contributed by atoms with van der Waals surface area (Å²) in [6, 6.07) is 22.5. The number of aryl methyl sites for hydroxylation is 1. The van der Waals surface area contributed by atoms with Crippen molar-refractivity contribution in [1.29, 1.82) is 0 Å². The quantitative estimate of drug-likeness (QED) is 0.0690. The van der Waals surface area contributed by atoms with E-state index < -0.39 is 0 Å². The summed E-state index contributed by atoms with van der Waals surface area (Å²) in [6.45, 7) is 8.22. The average Bonchev–Trinajstić information content (AvgIpc) is 3.56. The lowest BCUT2D eigenvalue weighted by Gasteiger charge is -2.39. The maximum absolute atomic E-state index is 5.13. The molecule has 0 aliphatic heterocycles. The zero-order chi connectivity index (χ0) is 33.3. The van der Waals surface area contributed by atoms with Gasteiger partial charge in [0, 0.05) is 30.3 Å². The van der Waals surface area contributed by atoms with Crippen LogP contribution in [-0.4, -0.2) is 9.55 Å². The van der Waals surface area contributed by atoms with E-state index in [-0.39, 0.29) is 5.41 Å². The Kier molecular flexibility index (Phi) is 20.6. The summed E-state index contributed by atoms with van der Waals surface area (Å²) < 4.78 is 2.52. The molecule has 2 nitrogen and oxygen atoms in total. The van der Waals surface area contributed by atoms with Crippen LogP contribution < -0.4 is 0 Å². The summed E-state index contributed by atoms with van der Waals surface area (Å²) in [5.74, 6) is 1.69. The van der Waals surface area contributed by atoms with Crippen LogP contribution in [-0.2, 0) is 18.4 Å². The molecule has 3 aromatic rings. The van der Waals surface area contributed by atoms with Crippen molar-refractivity contribution in [3.8, 4) is 0 Å². The van der Waals surface area contributed by atoms with Crippen molar-refractivity contribution in [3.05, 3.63) is 90.0 Å². The normalized spacial score (nSPS) is 13.5. The number of imidazole rings is 1. The molecule has 47 heavy (non-hydrogen) atoms. The van der Waals surface area contributed by atoms with Crippen molar-refractivity contribution >= 4 is 0 Å². The van der Waals surface area contributed by atoms with Gasteiger partial charge in [-0.1, -0.05) is 216 Å². The molecule has 0 saturated carbocycles. The molecule has 2 heteroatoms. The van der Waals surface area contributed by atoms with Gasteiger partial charge in [-0.3, -0.25) is 0 Å².